The van der Waals surface area contributed by atoms with Crippen molar-refractivity contribution in [1.82, 2.24) is 9.47 Å². The lowest BCUT2D eigenvalue weighted by atomic mass is 10.1. The summed E-state index contributed by atoms with van der Waals surface area (Å²) < 4.78 is 1.89. The second kappa shape index (κ2) is 8.72. The summed E-state index contributed by atoms with van der Waals surface area (Å²) in [7, 11) is 1.55. The van der Waals surface area contributed by atoms with Crippen LogP contribution >= 0.6 is 12.2 Å². The molecule has 34 heavy (non-hydrogen) atoms. The number of hydrogen-bond acceptors (Lipinski definition) is 4. The highest BCUT2D eigenvalue weighted by molar-refractivity contribution is 7.80. The van der Waals surface area contributed by atoms with E-state index < -0.39 is 17.8 Å². The van der Waals surface area contributed by atoms with Gasteiger partial charge >= 0.3 is 5.97 Å². The van der Waals surface area contributed by atoms with E-state index in [0.29, 0.717) is 16.9 Å². The number of rotatable bonds is 4. The van der Waals surface area contributed by atoms with Gasteiger partial charge in [-0.15, -0.1) is 0 Å². The Bertz CT molecular complexity index is 1390. The molecule has 0 unspecified atom stereocenters. The number of carboxylic acid groups (broad SMARTS) is 1. The van der Waals surface area contributed by atoms with Crippen LogP contribution in [0.2, 0.25) is 0 Å². The SMILES string of the molecule is Cc1ccc(N2C(=O)/C(=C/c3cc(C)n(-c4cccc(C(=O)O)c4)c3C)C(=O)N(C)C2=S)cc1. The van der Waals surface area contributed by atoms with E-state index in [1.807, 2.05) is 49.6 Å². The van der Waals surface area contributed by atoms with Gasteiger partial charge in [-0.25, -0.2) is 4.79 Å². The number of nitrogens with zero attached hydrogens (tertiary/aromatic N) is 3. The lowest BCUT2D eigenvalue weighted by molar-refractivity contribution is -0.127. The van der Waals surface area contributed by atoms with Gasteiger partial charge in [0.25, 0.3) is 11.8 Å². The first-order valence-electron chi connectivity index (χ1n) is 10.6. The predicted octanol–water partition coefficient (Wildman–Crippen LogP) is 4.27. The number of carbonyl (C=O) groups is 3. The zero-order chi connectivity index (χ0) is 24.7. The quantitative estimate of drug-likeness (QED) is 0.348. The molecular formula is C26H23N3O4S. The van der Waals surface area contributed by atoms with Crippen molar-refractivity contribution in [2.45, 2.75) is 20.8 Å². The summed E-state index contributed by atoms with van der Waals surface area (Å²) in [6.45, 7) is 5.69. The number of benzene rings is 2. The number of anilines is 1. The van der Waals surface area contributed by atoms with Crippen molar-refractivity contribution in [3.8, 4) is 5.69 Å². The molecule has 1 aromatic heterocycles. The molecule has 1 fully saturated rings. The number of hydrogen-bond donors (Lipinski definition) is 1. The average Bonchev–Trinajstić information content (AvgIpc) is 3.09. The van der Waals surface area contributed by atoms with E-state index in [1.54, 1.807) is 37.4 Å². The molecule has 2 heterocycles. The van der Waals surface area contributed by atoms with E-state index in [0.717, 1.165) is 17.0 Å². The van der Waals surface area contributed by atoms with Gasteiger partial charge in [-0.1, -0.05) is 23.8 Å². The third kappa shape index (κ3) is 3.92. The van der Waals surface area contributed by atoms with E-state index >= 15 is 0 Å². The number of amides is 2. The topological polar surface area (TPSA) is 82.9 Å². The van der Waals surface area contributed by atoms with E-state index in [9.17, 15) is 19.5 Å². The number of carboxylic acids is 1. The Morgan fingerprint density at radius 3 is 2.26 bits per heavy atom. The van der Waals surface area contributed by atoms with Gasteiger partial charge in [0, 0.05) is 24.1 Å². The van der Waals surface area contributed by atoms with Crippen LogP contribution in [0.5, 0.6) is 0 Å². The molecule has 1 N–H and O–H groups in total. The Balaban J connectivity index is 1.79. The minimum atomic E-state index is -1.01. The van der Waals surface area contributed by atoms with Crippen molar-refractivity contribution in [2.24, 2.45) is 0 Å². The van der Waals surface area contributed by atoms with Gasteiger partial charge in [0.15, 0.2) is 5.11 Å². The predicted molar refractivity (Wildman–Crippen MR) is 134 cm³/mol. The van der Waals surface area contributed by atoms with E-state index in [2.05, 4.69) is 0 Å². The maximum atomic E-state index is 13.4. The highest BCUT2D eigenvalue weighted by atomic mass is 32.1. The zero-order valence-corrected chi connectivity index (χ0v) is 20.0. The van der Waals surface area contributed by atoms with Gasteiger partial charge in [0.1, 0.15) is 5.57 Å². The first-order valence-corrected chi connectivity index (χ1v) is 11.0. The molecule has 1 aliphatic heterocycles. The van der Waals surface area contributed by atoms with Crippen LogP contribution in [0.3, 0.4) is 0 Å². The van der Waals surface area contributed by atoms with Crippen LogP contribution in [0.15, 0.2) is 60.2 Å². The first kappa shape index (κ1) is 23.1. The summed E-state index contributed by atoms with van der Waals surface area (Å²) in [5.74, 6) is -1.98. The summed E-state index contributed by atoms with van der Waals surface area (Å²) >= 11 is 5.42. The Labute approximate surface area is 202 Å². The van der Waals surface area contributed by atoms with Gasteiger partial charge in [-0.3, -0.25) is 19.4 Å². The Hall–Kier alpha value is -4.04. The Morgan fingerprint density at radius 2 is 1.62 bits per heavy atom. The monoisotopic (exact) mass is 473 g/mol. The van der Waals surface area contributed by atoms with Crippen molar-refractivity contribution >= 4 is 46.9 Å². The van der Waals surface area contributed by atoms with Gasteiger partial charge in [-0.2, -0.15) is 0 Å². The largest absolute Gasteiger partial charge is 0.478 e. The van der Waals surface area contributed by atoms with Crippen molar-refractivity contribution < 1.29 is 19.5 Å². The van der Waals surface area contributed by atoms with Crippen molar-refractivity contribution in [3.05, 3.63) is 88.2 Å². The van der Waals surface area contributed by atoms with E-state index in [-0.39, 0.29) is 16.2 Å². The summed E-state index contributed by atoms with van der Waals surface area (Å²) in [5.41, 5.74) is 4.76. The Kier molecular flexibility index (Phi) is 5.93. The van der Waals surface area contributed by atoms with Crippen LogP contribution < -0.4 is 4.90 Å². The molecule has 4 rings (SSSR count). The van der Waals surface area contributed by atoms with Gasteiger partial charge in [-0.05, 0) is 81.0 Å². The molecule has 0 spiro atoms. The highest BCUT2D eigenvalue weighted by Gasteiger charge is 2.38. The van der Waals surface area contributed by atoms with Crippen LogP contribution in [0.4, 0.5) is 5.69 Å². The number of thiocarbonyl (C=S) groups is 1. The standard InChI is InChI=1S/C26H23N3O4S/c1-15-8-10-20(11-9-15)29-24(31)22(23(30)27(4)26(29)34)14-19-12-16(2)28(17(19)3)21-7-5-6-18(13-21)25(32)33/h5-14H,1-4H3,(H,32,33)/b22-14+. The number of likely N-dealkylation sites (N-methyl/N-ethyl adjacent to an activating group) is 1. The second-order valence-corrected chi connectivity index (χ2v) is 8.56. The normalized spacial score (nSPS) is 15.4. The lowest BCUT2D eigenvalue weighted by Gasteiger charge is -2.34. The molecule has 3 aromatic rings. The van der Waals surface area contributed by atoms with Crippen LogP contribution in [-0.4, -0.2) is 44.5 Å². The molecule has 0 atom stereocenters. The second-order valence-electron chi connectivity index (χ2n) is 8.20. The van der Waals surface area contributed by atoms with Crippen LogP contribution in [0.1, 0.15) is 32.9 Å². The maximum Gasteiger partial charge on any atom is 0.335 e. The minimum absolute atomic E-state index is 0.00351. The molecule has 0 bridgehead atoms. The smallest absolute Gasteiger partial charge is 0.335 e. The number of aromatic nitrogens is 1. The lowest BCUT2D eigenvalue weighted by Crippen LogP contribution is -2.54. The molecule has 172 valence electrons. The maximum absolute atomic E-state index is 13.4. The molecule has 8 heteroatoms. The van der Waals surface area contributed by atoms with Gasteiger partial charge in [0.05, 0.1) is 11.3 Å². The van der Waals surface area contributed by atoms with E-state index in [4.69, 9.17) is 12.2 Å². The summed E-state index contributed by atoms with van der Waals surface area (Å²) in [4.78, 5) is 40.5. The molecule has 0 saturated carbocycles. The molecular weight excluding hydrogens is 450 g/mol. The fraction of sp³-hybridized carbons (Fsp3) is 0.154. The molecule has 1 aliphatic rings. The van der Waals surface area contributed by atoms with Gasteiger partial charge < -0.3 is 9.67 Å². The summed E-state index contributed by atoms with van der Waals surface area (Å²) in [6, 6.07) is 15.8. The first-order chi connectivity index (χ1) is 16.1. The van der Waals surface area contributed by atoms with Crippen LogP contribution in [0, 0.1) is 20.8 Å². The molecule has 2 amide bonds. The fourth-order valence-electron chi connectivity index (χ4n) is 4.03. The van der Waals surface area contributed by atoms with Crippen LogP contribution in [-0.2, 0) is 9.59 Å². The van der Waals surface area contributed by atoms with Crippen LogP contribution in [0.25, 0.3) is 11.8 Å². The fourth-order valence-corrected chi connectivity index (χ4v) is 4.30. The zero-order valence-electron chi connectivity index (χ0n) is 19.2. The third-order valence-electron chi connectivity index (χ3n) is 5.86. The van der Waals surface area contributed by atoms with Crippen molar-refractivity contribution in [3.63, 3.8) is 0 Å². The number of aryl methyl sites for hydroxylation is 2. The number of aromatic carboxylic acids is 1. The minimum Gasteiger partial charge on any atom is -0.478 e. The molecule has 1 saturated heterocycles. The van der Waals surface area contributed by atoms with E-state index in [1.165, 1.54) is 15.9 Å². The summed E-state index contributed by atoms with van der Waals surface area (Å²) in [5, 5.41) is 9.46. The van der Waals surface area contributed by atoms with Crippen molar-refractivity contribution in [1.29, 1.82) is 0 Å². The summed E-state index contributed by atoms with van der Waals surface area (Å²) in [6.07, 6.45) is 1.57. The Morgan fingerprint density at radius 1 is 0.941 bits per heavy atom. The average molecular weight is 474 g/mol. The molecule has 0 radical (unpaired) electrons. The third-order valence-corrected chi connectivity index (χ3v) is 6.32. The number of carbonyl (C=O) groups excluding carboxylic acids is 2. The molecule has 2 aromatic carbocycles. The highest BCUT2D eigenvalue weighted by Crippen LogP contribution is 2.28. The molecule has 0 aliphatic carbocycles. The van der Waals surface area contributed by atoms with Gasteiger partial charge in [0.2, 0.25) is 0 Å². The van der Waals surface area contributed by atoms with Crippen molar-refractivity contribution in [2.75, 3.05) is 11.9 Å². The molecule has 7 nitrogen and oxygen atoms in total.